The fraction of sp³-hybridized carbons (Fsp3) is 0.409. The molecule has 2 aromatic carbocycles. The van der Waals surface area contributed by atoms with Crippen LogP contribution in [0.5, 0.6) is 11.5 Å². The zero-order valence-corrected chi connectivity index (χ0v) is 16.9. The molecular weight excluding hydrogens is 354 g/mol. The quantitative estimate of drug-likeness (QED) is 0.685. The van der Waals surface area contributed by atoms with E-state index in [0.717, 1.165) is 22.6 Å². The van der Waals surface area contributed by atoms with E-state index in [1.807, 2.05) is 18.2 Å². The number of benzene rings is 2. The number of nitrogens with one attached hydrogen (secondary N) is 3. The summed E-state index contributed by atoms with van der Waals surface area (Å²) < 4.78 is 10.7. The van der Waals surface area contributed by atoms with Gasteiger partial charge >= 0.3 is 0 Å². The number of hydrogen-bond donors (Lipinski definition) is 3. The first kappa shape index (κ1) is 20.2. The molecule has 0 radical (unpaired) electrons. The van der Waals surface area contributed by atoms with Gasteiger partial charge in [0.25, 0.3) is 0 Å². The maximum absolute atomic E-state index is 12.6. The van der Waals surface area contributed by atoms with Gasteiger partial charge in [-0.1, -0.05) is 44.2 Å². The van der Waals surface area contributed by atoms with Crippen LogP contribution in [0.1, 0.15) is 48.9 Å². The SMILES string of the molecule is COc1ccc(C2CC(C(=O)NCc3ccc(C(C)C)cc3)NN2)c(OC)c1. The lowest BCUT2D eigenvalue weighted by atomic mass is 10.00. The van der Waals surface area contributed by atoms with Gasteiger partial charge in [0.15, 0.2) is 0 Å². The van der Waals surface area contributed by atoms with Crippen LogP contribution in [-0.4, -0.2) is 26.2 Å². The first-order chi connectivity index (χ1) is 13.5. The minimum Gasteiger partial charge on any atom is -0.497 e. The smallest absolute Gasteiger partial charge is 0.238 e. The van der Waals surface area contributed by atoms with Crippen LogP contribution in [0.4, 0.5) is 0 Å². The maximum Gasteiger partial charge on any atom is 0.238 e. The minimum atomic E-state index is -0.299. The average Bonchev–Trinajstić information content (AvgIpc) is 3.21. The fourth-order valence-electron chi connectivity index (χ4n) is 3.37. The Morgan fingerprint density at radius 2 is 1.86 bits per heavy atom. The van der Waals surface area contributed by atoms with Crippen LogP contribution >= 0.6 is 0 Å². The van der Waals surface area contributed by atoms with Crippen molar-refractivity contribution in [3.63, 3.8) is 0 Å². The number of ether oxygens (including phenoxy) is 2. The summed E-state index contributed by atoms with van der Waals surface area (Å²) in [5.74, 6) is 1.97. The number of hydrogen-bond acceptors (Lipinski definition) is 5. The van der Waals surface area contributed by atoms with Gasteiger partial charge in [-0.25, -0.2) is 10.9 Å². The molecule has 1 fully saturated rings. The summed E-state index contributed by atoms with van der Waals surface area (Å²) in [6.07, 6.45) is 0.640. The van der Waals surface area contributed by atoms with E-state index in [2.05, 4.69) is 54.3 Å². The van der Waals surface area contributed by atoms with Crippen molar-refractivity contribution in [2.24, 2.45) is 0 Å². The van der Waals surface area contributed by atoms with Crippen molar-refractivity contribution in [2.75, 3.05) is 14.2 Å². The molecule has 0 aliphatic carbocycles. The molecule has 1 saturated heterocycles. The largest absolute Gasteiger partial charge is 0.497 e. The Labute approximate surface area is 166 Å². The first-order valence-electron chi connectivity index (χ1n) is 9.61. The molecule has 3 N–H and O–H groups in total. The second-order valence-corrected chi connectivity index (χ2v) is 7.35. The maximum atomic E-state index is 12.6. The van der Waals surface area contributed by atoms with Gasteiger partial charge in [-0.2, -0.15) is 0 Å². The Hall–Kier alpha value is -2.57. The Balaban J connectivity index is 1.57. The minimum absolute atomic E-state index is 0.0121. The monoisotopic (exact) mass is 383 g/mol. The lowest BCUT2D eigenvalue weighted by molar-refractivity contribution is -0.123. The van der Waals surface area contributed by atoms with Crippen LogP contribution < -0.4 is 25.6 Å². The van der Waals surface area contributed by atoms with E-state index in [1.165, 1.54) is 5.56 Å². The van der Waals surface area contributed by atoms with Crippen LogP contribution in [0, 0.1) is 0 Å². The molecule has 0 bridgehead atoms. The highest BCUT2D eigenvalue weighted by molar-refractivity contribution is 5.82. The van der Waals surface area contributed by atoms with E-state index in [-0.39, 0.29) is 18.0 Å². The normalized spacial score (nSPS) is 18.9. The van der Waals surface area contributed by atoms with Gasteiger partial charge in [0.05, 0.1) is 20.3 Å². The standard InChI is InChI=1S/C22H29N3O3/c1-14(2)16-7-5-15(6-8-16)13-23-22(26)20-12-19(24-25-20)18-10-9-17(27-3)11-21(18)28-4/h5-11,14,19-20,24-25H,12-13H2,1-4H3,(H,23,26). The third-order valence-corrected chi connectivity index (χ3v) is 5.15. The number of amides is 1. The van der Waals surface area contributed by atoms with Gasteiger partial charge in [-0.05, 0) is 29.5 Å². The van der Waals surface area contributed by atoms with Crippen molar-refractivity contribution in [1.29, 1.82) is 0 Å². The van der Waals surface area contributed by atoms with Crippen LogP contribution in [0.3, 0.4) is 0 Å². The lowest BCUT2D eigenvalue weighted by Gasteiger charge is -2.15. The van der Waals surface area contributed by atoms with E-state index < -0.39 is 0 Å². The molecular formula is C22H29N3O3. The number of carbonyl (C=O) groups excluding carboxylic acids is 1. The summed E-state index contributed by atoms with van der Waals surface area (Å²) in [5, 5.41) is 3.02. The summed E-state index contributed by atoms with van der Waals surface area (Å²) in [5.41, 5.74) is 9.69. The number of carbonyl (C=O) groups is 1. The summed E-state index contributed by atoms with van der Waals surface area (Å²) in [7, 11) is 3.26. The van der Waals surface area contributed by atoms with Crippen molar-refractivity contribution >= 4 is 5.91 Å². The highest BCUT2D eigenvalue weighted by Gasteiger charge is 2.31. The second kappa shape index (κ2) is 9.08. The molecule has 0 saturated carbocycles. The molecule has 6 nitrogen and oxygen atoms in total. The molecule has 0 aromatic heterocycles. The Bertz CT molecular complexity index is 805. The molecule has 3 rings (SSSR count). The van der Waals surface area contributed by atoms with Crippen LogP contribution in [0.2, 0.25) is 0 Å². The van der Waals surface area contributed by atoms with E-state index >= 15 is 0 Å². The predicted molar refractivity (Wildman–Crippen MR) is 109 cm³/mol. The van der Waals surface area contributed by atoms with E-state index in [0.29, 0.717) is 18.9 Å². The molecule has 1 aliphatic rings. The van der Waals surface area contributed by atoms with Gasteiger partial charge in [-0.15, -0.1) is 0 Å². The van der Waals surface area contributed by atoms with E-state index in [9.17, 15) is 4.79 Å². The molecule has 2 unspecified atom stereocenters. The molecule has 2 aromatic rings. The average molecular weight is 383 g/mol. The zero-order chi connectivity index (χ0) is 20.1. The van der Waals surface area contributed by atoms with Crippen LogP contribution in [0.15, 0.2) is 42.5 Å². The number of hydrazine groups is 1. The molecule has 1 amide bonds. The summed E-state index contributed by atoms with van der Waals surface area (Å²) in [6, 6.07) is 13.8. The molecule has 28 heavy (non-hydrogen) atoms. The van der Waals surface area contributed by atoms with Crippen molar-refractivity contribution in [1.82, 2.24) is 16.2 Å². The van der Waals surface area contributed by atoms with Gasteiger partial charge in [-0.3, -0.25) is 4.79 Å². The lowest BCUT2D eigenvalue weighted by Crippen LogP contribution is -2.42. The van der Waals surface area contributed by atoms with Crippen LogP contribution in [0.25, 0.3) is 0 Å². The summed E-state index contributed by atoms with van der Waals surface area (Å²) >= 11 is 0. The van der Waals surface area contributed by atoms with Gasteiger partial charge in [0.1, 0.15) is 17.5 Å². The molecule has 1 heterocycles. The summed E-state index contributed by atoms with van der Waals surface area (Å²) in [6.45, 7) is 4.86. The zero-order valence-electron chi connectivity index (χ0n) is 16.9. The number of methoxy groups -OCH3 is 2. The fourth-order valence-corrected chi connectivity index (χ4v) is 3.37. The van der Waals surface area contributed by atoms with Crippen molar-refractivity contribution in [3.05, 3.63) is 59.2 Å². The van der Waals surface area contributed by atoms with E-state index in [1.54, 1.807) is 14.2 Å². The first-order valence-corrected chi connectivity index (χ1v) is 9.61. The molecule has 2 atom stereocenters. The molecule has 6 heteroatoms. The van der Waals surface area contributed by atoms with Crippen molar-refractivity contribution < 1.29 is 14.3 Å². The van der Waals surface area contributed by atoms with Gasteiger partial charge in [0.2, 0.25) is 5.91 Å². The van der Waals surface area contributed by atoms with Gasteiger partial charge < -0.3 is 14.8 Å². The number of rotatable bonds is 7. The topological polar surface area (TPSA) is 71.6 Å². The van der Waals surface area contributed by atoms with Crippen LogP contribution in [-0.2, 0) is 11.3 Å². The Kier molecular flexibility index (Phi) is 6.54. The van der Waals surface area contributed by atoms with Gasteiger partial charge in [0, 0.05) is 18.2 Å². The molecule has 1 aliphatic heterocycles. The molecule has 150 valence electrons. The van der Waals surface area contributed by atoms with Crippen molar-refractivity contribution in [3.8, 4) is 11.5 Å². The van der Waals surface area contributed by atoms with Crippen molar-refractivity contribution in [2.45, 2.75) is 44.8 Å². The highest BCUT2D eigenvalue weighted by atomic mass is 16.5. The van der Waals surface area contributed by atoms with E-state index in [4.69, 9.17) is 9.47 Å². The summed E-state index contributed by atoms with van der Waals surface area (Å²) in [4.78, 5) is 12.6. The third kappa shape index (κ3) is 4.64. The third-order valence-electron chi connectivity index (χ3n) is 5.15. The Morgan fingerprint density at radius 1 is 1.11 bits per heavy atom. The predicted octanol–water partition coefficient (Wildman–Crippen LogP) is 3.05. The Morgan fingerprint density at radius 3 is 2.50 bits per heavy atom. The highest BCUT2D eigenvalue weighted by Crippen LogP contribution is 2.33. The molecule has 0 spiro atoms. The second-order valence-electron chi connectivity index (χ2n) is 7.35.